The molecule has 0 unspecified atom stereocenters. The van der Waals surface area contributed by atoms with E-state index in [1.54, 1.807) is 0 Å². The van der Waals surface area contributed by atoms with Gasteiger partial charge in [-0.25, -0.2) is 9.78 Å². The van der Waals surface area contributed by atoms with Crippen LogP contribution >= 0.6 is 0 Å². The lowest BCUT2D eigenvalue weighted by atomic mass is 9.96. The van der Waals surface area contributed by atoms with Crippen molar-refractivity contribution < 1.29 is 9.53 Å². The highest BCUT2D eigenvalue weighted by Crippen LogP contribution is 2.34. The Morgan fingerprint density at radius 3 is 2.80 bits per heavy atom. The van der Waals surface area contributed by atoms with E-state index in [-0.39, 0.29) is 18.2 Å². The molecular weight excluding hydrogens is 316 g/mol. The second kappa shape index (κ2) is 7.60. The first kappa shape index (κ1) is 16.6. The van der Waals surface area contributed by atoms with Gasteiger partial charge in [-0.15, -0.1) is 0 Å². The molecule has 0 radical (unpaired) electrons. The second-order valence-corrected chi connectivity index (χ2v) is 7.47. The maximum Gasteiger partial charge on any atom is 0.315 e. The van der Waals surface area contributed by atoms with Gasteiger partial charge in [-0.05, 0) is 49.8 Å². The number of amides is 2. The van der Waals surface area contributed by atoms with Crippen LogP contribution in [0.3, 0.4) is 0 Å². The molecule has 2 bridgehead atoms. The van der Waals surface area contributed by atoms with Crippen LogP contribution in [0.4, 0.5) is 10.6 Å². The maximum absolute atomic E-state index is 12.2. The Morgan fingerprint density at radius 2 is 2.08 bits per heavy atom. The van der Waals surface area contributed by atoms with Crippen molar-refractivity contribution in [1.29, 1.82) is 0 Å². The van der Waals surface area contributed by atoms with E-state index in [2.05, 4.69) is 26.6 Å². The van der Waals surface area contributed by atoms with Gasteiger partial charge in [-0.1, -0.05) is 12.8 Å². The van der Waals surface area contributed by atoms with Crippen LogP contribution in [0.1, 0.15) is 50.5 Å². The summed E-state index contributed by atoms with van der Waals surface area (Å²) in [6.45, 7) is 2.68. The molecule has 25 heavy (non-hydrogen) atoms. The summed E-state index contributed by atoms with van der Waals surface area (Å²) in [7, 11) is 0. The predicted molar refractivity (Wildman–Crippen MR) is 96.6 cm³/mol. The number of nitrogens with zero attached hydrogens (tertiary/aromatic N) is 2. The molecule has 3 atom stereocenters. The molecule has 1 aromatic heterocycles. The third-order valence-corrected chi connectivity index (χ3v) is 5.62. The first-order valence-corrected chi connectivity index (χ1v) is 9.67. The summed E-state index contributed by atoms with van der Waals surface area (Å²) in [6.07, 6.45) is 10.7. The highest BCUT2D eigenvalue weighted by atomic mass is 16.5. The van der Waals surface area contributed by atoms with Crippen molar-refractivity contribution in [3.05, 3.63) is 23.9 Å². The van der Waals surface area contributed by atoms with E-state index >= 15 is 0 Å². The highest BCUT2D eigenvalue weighted by molar-refractivity contribution is 5.74. The summed E-state index contributed by atoms with van der Waals surface area (Å²) in [4.78, 5) is 19.1. The summed E-state index contributed by atoms with van der Waals surface area (Å²) in [5.41, 5.74) is 1.09. The zero-order valence-corrected chi connectivity index (χ0v) is 14.7. The number of aromatic nitrogens is 1. The molecular formula is C19H28N4O2. The minimum atomic E-state index is -0.103. The van der Waals surface area contributed by atoms with E-state index in [1.807, 2.05) is 12.3 Å². The number of pyridine rings is 1. The van der Waals surface area contributed by atoms with Crippen molar-refractivity contribution in [2.75, 3.05) is 18.0 Å². The summed E-state index contributed by atoms with van der Waals surface area (Å²) >= 11 is 0. The number of hydrogen-bond donors (Lipinski definition) is 2. The Bertz CT molecular complexity index is 601. The fourth-order valence-corrected chi connectivity index (χ4v) is 4.23. The Morgan fingerprint density at radius 1 is 1.24 bits per heavy atom. The van der Waals surface area contributed by atoms with Crippen LogP contribution in [-0.2, 0) is 11.3 Å². The average Bonchev–Trinajstić information content (AvgIpc) is 3.13. The molecule has 6 nitrogen and oxygen atoms in total. The molecule has 0 aliphatic carbocycles. The summed E-state index contributed by atoms with van der Waals surface area (Å²) < 4.78 is 5.79. The Labute approximate surface area is 149 Å². The topological polar surface area (TPSA) is 66.5 Å². The normalized spacial score (nSPS) is 28.6. The van der Waals surface area contributed by atoms with Crippen LogP contribution in [0.5, 0.6) is 0 Å². The fraction of sp³-hybridized carbons (Fsp3) is 0.684. The van der Waals surface area contributed by atoms with Gasteiger partial charge in [0.1, 0.15) is 5.82 Å². The first-order chi connectivity index (χ1) is 12.3. The lowest BCUT2D eigenvalue weighted by Gasteiger charge is -2.22. The molecule has 0 spiro atoms. The Hall–Kier alpha value is -1.82. The van der Waals surface area contributed by atoms with E-state index in [1.165, 1.54) is 25.7 Å². The number of hydrogen-bond acceptors (Lipinski definition) is 4. The van der Waals surface area contributed by atoms with Gasteiger partial charge in [0, 0.05) is 25.8 Å². The SMILES string of the molecule is O=C(NCc1ccnc(N2CCCCCC2)c1)N[C@@H]1C[C@H]2CC[C@H]1O2. The molecule has 6 heteroatoms. The van der Waals surface area contributed by atoms with Crippen molar-refractivity contribution >= 4 is 11.8 Å². The summed E-state index contributed by atoms with van der Waals surface area (Å²) in [6, 6.07) is 4.15. The first-order valence-electron chi connectivity index (χ1n) is 9.67. The molecule has 3 saturated heterocycles. The van der Waals surface area contributed by atoms with E-state index in [9.17, 15) is 4.79 Å². The molecule has 3 aliphatic heterocycles. The predicted octanol–water partition coefficient (Wildman–Crippen LogP) is 2.58. The van der Waals surface area contributed by atoms with Crippen molar-refractivity contribution in [3.8, 4) is 0 Å². The zero-order chi connectivity index (χ0) is 17.1. The number of carbonyl (C=O) groups excluding carboxylic acids is 1. The van der Waals surface area contributed by atoms with Crippen LogP contribution < -0.4 is 15.5 Å². The van der Waals surface area contributed by atoms with Crippen LogP contribution in [0, 0.1) is 0 Å². The average molecular weight is 344 g/mol. The van der Waals surface area contributed by atoms with E-state index in [0.717, 1.165) is 43.7 Å². The number of fused-ring (bicyclic) bond motifs is 2. The van der Waals surface area contributed by atoms with Crippen molar-refractivity contribution in [3.63, 3.8) is 0 Å². The Balaban J connectivity index is 1.28. The van der Waals surface area contributed by atoms with Crippen LogP contribution in [0.25, 0.3) is 0 Å². The van der Waals surface area contributed by atoms with Crippen LogP contribution in [0.15, 0.2) is 18.3 Å². The third-order valence-electron chi connectivity index (χ3n) is 5.62. The zero-order valence-electron chi connectivity index (χ0n) is 14.7. The Kier molecular flexibility index (Phi) is 5.06. The number of carbonyl (C=O) groups is 1. The molecule has 1 aromatic rings. The number of ether oxygens (including phenoxy) is 1. The number of rotatable bonds is 4. The minimum Gasteiger partial charge on any atom is -0.373 e. The van der Waals surface area contributed by atoms with Gasteiger partial charge in [-0.2, -0.15) is 0 Å². The monoisotopic (exact) mass is 344 g/mol. The number of anilines is 1. The van der Waals surface area contributed by atoms with Crippen molar-refractivity contribution in [1.82, 2.24) is 15.6 Å². The van der Waals surface area contributed by atoms with Gasteiger partial charge in [0.25, 0.3) is 0 Å². The molecule has 136 valence electrons. The molecule has 4 heterocycles. The van der Waals surface area contributed by atoms with Crippen molar-refractivity contribution in [2.45, 2.75) is 69.7 Å². The van der Waals surface area contributed by atoms with E-state index < -0.39 is 0 Å². The summed E-state index contributed by atoms with van der Waals surface area (Å²) in [5, 5.41) is 6.04. The van der Waals surface area contributed by atoms with Gasteiger partial charge in [0.2, 0.25) is 0 Å². The highest BCUT2D eigenvalue weighted by Gasteiger charge is 2.41. The molecule has 2 amide bonds. The smallest absolute Gasteiger partial charge is 0.315 e. The lowest BCUT2D eigenvalue weighted by Crippen LogP contribution is -2.46. The van der Waals surface area contributed by atoms with Gasteiger partial charge in [-0.3, -0.25) is 0 Å². The standard InChI is InChI=1S/C19H28N4O2/c24-19(22-16-12-15-5-6-17(16)25-15)21-13-14-7-8-20-18(11-14)23-9-3-1-2-4-10-23/h7-8,11,15-17H,1-6,9-10,12-13H2,(H2,21,22,24)/t15-,16-,17-/m1/s1. The second-order valence-electron chi connectivity index (χ2n) is 7.47. The van der Waals surface area contributed by atoms with Gasteiger partial charge in [0.05, 0.1) is 18.2 Å². The largest absolute Gasteiger partial charge is 0.373 e. The molecule has 4 rings (SSSR count). The number of urea groups is 1. The van der Waals surface area contributed by atoms with Gasteiger partial charge in [0.15, 0.2) is 0 Å². The molecule has 0 aromatic carbocycles. The maximum atomic E-state index is 12.2. The van der Waals surface area contributed by atoms with E-state index in [4.69, 9.17) is 4.74 Å². The van der Waals surface area contributed by atoms with Gasteiger partial charge < -0.3 is 20.3 Å². The third kappa shape index (κ3) is 4.06. The molecule has 3 fully saturated rings. The fourth-order valence-electron chi connectivity index (χ4n) is 4.23. The molecule has 3 aliphatic rings. The summed E-state index contributed by atoms with van der Waals surface area (Å²) in [5.74, 6) is 1.03. The number of nitrogens with one attached hydrogen (secondary N) is 2. The van der Waals surface area contributed by atoms with Gasteiger partial charge >= 0.3 is 6.03 Å². The molecule has 0 saturated carbocycles. The molecule has 2 N–H and O–H groups in total. The van der Waals surface area contributed by atoms with Crippen LogP contribution in [0.2, 0.25) is 0 Å². The minimum absolute atomic E-state index is 0.103. The lowest BCUT2D eigenvalue weighted by molar-refractivity contribution is 0.0981. The van der Waals surface area contributed by atoms with E-state index in [0.29, 0.717) is 12.6 Å². The van der Waals surface area contributed by atoms with Crippen molar-refractivity contribution in [2.24, 2.45) is 0 Å². The van der Waals surface area contributed by atoms with Crippen LogP contribution in [-0.4, -0.2) is 42.4 Å². The quantitative estimate of drug-likeness (QED) is 0.881.